The Bertz CT molecular complexity index is 658. The van der Waals surface area contributed by atoms with Gasteiger partial charge in [0.15, 0.2) is 0 Å². The summed E-state index contributed by atoms with van der Waals surface area (Å²) in [4.78, 5) is 22.8. The average molecular weight is 295 g/mol. The van der Waals surface area contributed by atoms with Crippen LogP contribution in [0.25, 0.3) is 0 Å². The molecule has 22 heavy (non-hydrogen) atoms. The van der Waals surface area contributed by atoms with Gasteiger partial charge in [-0.2, -0.15) is 0 Å². The number of nitrogens with zero attached hydrogens (tertiary/aromatic N) is 2. The van der Waals surface area contributed by atoms with E-state index in [1.165, 1.54) is 18.5 Å². The molecule has 1 saturated carbocycles. The molecule has 1 aromatic carbocycles. The molecule has 1 aliphatic carbocycles. The maximum absolute atomic E-state index is 13.0. The van der Waals surface area contributed by atoms with Crippen LogP contribution in [-0.2, 0) is 11.2 Å². The summed E-state index contributed by atoms with van der Waals surface area (Å²) in [6.07, 6.45) is 7.09. The number of H-pyrrole nitrogens is 1. The highest BCUT2D eigenvalue weighted by Gasteiger charge is 2.37. The molecule has 1 unspecified atom stereocenters. The molecule has 4 heteroatoms. The minimum Gasteiger partial charge on any atom is -0.348 e. The van der Waals surface area contributed by atoms with Gasteiger partial charge in [-0.05, 0) is 18.4 Å². The maximum atomic E-state index is 13.0. The molecular formula is C18H21N3O. The van der Waals surface area contributed by atoms with Gasteiger partial charge < -0.3 is 9.88 Å². The van der Waals surface area contributed by atoms with Crippen molar-refractivity contribution in [1.82, 2.24) is 14.9 Å². The van der Waals surface area contributed by atoms with Crippen molar-refractivity contribution in [2.24, 2.45) is 5.92 Å². The zero-order valence-electron chi connectivity index (χ0n) is 12.7. The fourth-order valence-electron chi connectivity index (χ4n) is 3.89. The molecule has 1 amide bonds. The Morgan fingerprint density at radius 3 is 2.73 bits per heavy atom. The van der Waals surface area contributed by atoms with Gasteiger partial charge in [-0.3, -0.25) is 4.79 Å². The molecule has 114 valence electrons. The summed E-state index contributed by atoms with van der Waals surface area (Å²) in [6, 6.07) is 10.3. The lowest BCUT2D eigenvalue weighted by atomic mass is 9.93. The predicted molar refractivity (Wildman–Crippen MR) is 84.2 cm³/mol. The first kappa shape index (κ1) is 13.6. The molecule has 1 N–H and O–H groups in total. The Labute approximate surface area is 130 Å². The normalized spacial score (nSPS) is 21.8. The summed E-state index contributed by atoms with van der Waals surface area (Å²) in [6.45, 7) is 0.782. The van der Waals surface area contributed by atoms with E-state index < -0.39 is 0 Å². The number of hydrogen-bond acceptors (Lipinski definition) is 2. The number of aromatic amines is 1. The molecule has 1 fully saturated rings. The first-order valence-electron chi connectivity index (χ1n) is 8.22. The number of carbonyl (C=O) groups is 1. The summed E-state index contributed by atoms with van der Waals surface area (Å²) in [7, 11) is 0. The van der Waals surface area contributed by atoms with E-state index in [9.17, 15) is 4.79 Å². The van der Waals surface area contributed by atoms with Crippen molar-refractivity contribution in [1.29, 1.82) is 0 Å². The van der Waals surface area contributed by atoms with Gasteiger partial charge in [0.05, 0.1) is 12.0 Å². The third-order valence-corrected chi connectivity index (χ3v) is 5.03. The number of amides is 1. The van der Waals surface area contributed by atoms with Crippen LogP contribution in [0.3, 0.4) is 0 Å². The topological polar surface area (TPSA) is 49.0 Å². The summed E-state index contributed by atoms with van der Waals surface area (Å²) in [5.41, 5.74) is 3.34. The van der Waals surface area contributed by atoms with Crippen LogP contribution in [0.2, 0.25) is 0 Å². The van der Waals surface area contributed by atoms with Crippen molar-refractivity contribution < 1.29 is 4.79 Å². The van der Waals surface area contributed by atoms with Crippen LogP contribution in [-0.4, -0.2) is 27.3 Å². The number of hydrogen-bond donors (Lipinski definition) is 1. The molecule has 2 aromatic rings. The molecule has 1 atom stereocenters. The van der Waals surface area contributed by atoms with Crippen molar-refractivity contribution in [3.8, 4) is 0 Å². The Hall–Kier alpha value is -2.10. The first-order valence-corrected chi connectivity index (χ1v) is 8.22. The number of nitrogens with one attached hydrogen (secondary N) is 1. The molecule has 4 rings (SSSR count). The molecule has 0 radical (unpaired) electrons. The Morgan fingerprint density at radius 1 is 1.18 bits per heavy atom. The molecule has 0 spiro atoms. The Morgan fingerprint density at radius 2 is 1.95 bits per heavy atom. The van der Waals surface area contributed by atoms with Gasteiger partial charge in [-0.15, -0.1) is 0 Å². The van der Waals surface area contributed by atoms with E-state index in [-0.39, 0.29) is 12.0 Å². The zero-order chi connectivity index (χ0) is 14.9. The van der Waals surface area contributed by atoms with Crippen molar-refractivity contribution >= 4 is 5.91 Å². The number of fused-ring (bicyclic) bond motifs is 1. The number of imidazole rings is 1. The van der Waals surface area contributed by atoms with Gasteiger partial charge in [0.2, 0.25) is 5.91 Å². The Balaban J connectivity index is 1.72. The molecule has 2 aliphatic rings. The number of carbonyl (C=O) groups excluding carboxylic acids is 1. The van der Waals surface area contributed by atoms with Crippen LogP contribution in [0, 0.1) is 5.92 Å². The molecule has 1 aromatic heterocycles. The lowest BCUT2D eigenvalue weighted by Crippen LogP contribution is -2.43. The molecular weight excluding hydrogens is 274 g/mol. The van der Waals surface area contributed by atoms with Crippen LogP contribution in [0.5, 0.6) is 0 Å². The van der Waals surface area contributed by atoms with Crippen LogP contribution >= 0.6 is 0 Å². The summed E-state index contributed by atoms with van der Waals surface area (Å²) < 4.78 is 0. The largest absolute Gasteiger partial charge is 0.348 e. The van der Waals surface area contributed by atoms with Crippen molar-refractivity contribution in [2.45, 2.75) is 38.1 Å². The average Bonchev–Trinajstić information content (AvgIpc) is 3.25. The van der Waals surface area contributed by atoms with Crippen molar-refractivity contribution in [3.05, 3.63) is 53.6 Å². The monoisotopic (exact) mass is 295 g/mol. The summed E-state index contributed by atoms with van der Waals surface area (Å²) in [5, 5.41) is 0. The van der Waals surface area contributed by atoms with Gasteiger partial charge in [-0.1, -0.05) is 43.2 Å². The highest BCUT2D eigenvalue weighted by Crippen LogP contribution is 2.36. The highest BCUT2D eigenvalue weighted by molar-refractivity contribution is 5.80. The lowest BCUT2D eigenvalue weighted by molar-refractivity contribution is -0.137. The predicted octanol–water partition coefficient (Wildman–Crippen LogP) is 3.07. The van der Waals surface area contributed by atoms with E-state index >= 15 is 0 Å². The van der Waals surface area contributed by atoms with Gasteiger partial charge in [-0.25, -0.2) is 4.98 Å². The number of aromatic nitrogens is 2. The van der Waals surface area contributed by atoms with Gasteiger partial charge >= 0.3 is 0 Å². The van der Waals surface area contributed by atoms with E-state index in [2.05, 4.69) is 27.0 Å². The second-order valence-electron chi connectivity index (χ2n) is 6.34. The third kappa shape index (κ3) is 2.23. The fraction of sp³-hybridized carbons (Fsp3) is 0.444. The molecule has 1 aliphatic heterocycles. The van der Waals surface area contributed by atoms with E-state index in [1.54, 1.807) is 6.33 Å². The van der Waals surface area contributed by atoms with Crippen molar-refractivity contribution in [3.63, 3.8) is 0 Å². The lowest BCUT2D eigenvalue weighted by Gasteiger charge is -2.36. The second kappa shape index (κ2) is 5.59. The second-order valence-corrected chi connectivity index (χ2v) is 6.34. The van der Waals surface area contributed by atoms with E-state index in [1.807, 2.05) is 18.2 Å². The summed E-state index contributed by atoms with van der Waals surface area (Å²) in [5.74, 6) is 0.534. The third-order valence-electron chi connectivity index (χ3n) is 5.03. The van der Waals surface area contributed by atoms with E-state index in [4.69, 9.17) is 0 Å². The van der Waals surface area contributed by atoms with E-state index in [0.717, 1.165) is 37.1 Å². The highest BCUT2D eigenvalue weighted by atomic mass is 16.2. The van der Waals surface area contributed by atoms with Gasteiger partial charge in [0, 0.05) is 24.6 Å². The van der Waals surface area contributed by atoms with Crippen LogP contribution in [0.4, 0.5) is 0 Å². The number of benzene rings is 1. The molecule has 4 nitrogen and oxygen atoms in total. The molecule has 2 heterocycles. The first-order chi connectivity index (χ1) is 10.8. The minimum atomic E-state index is -0.0377. The number of rotatable bonds is 2. The fourth-order valence-corrected chi connectivity index (χ4v) is 3.89. The Kier molecular flexibility index (Phi) is 3.45. The summed E-state index contributed by atoms with van der Waals surface area (Å²) >= 11 is 0. The smallest absolute Gasteiger partial charge is 0.226 e. The van der Waals surface area contributed by atoms with E-state index in [0.29, 0.717) is 5.91 Å². The minimum absolute atomic E-state index is 0.0377. The van der Waals surface area contributed by atoms with Crippen LogP contribution in [0.1, 0.15) is 48.7 Å². The zero-order valence-corrected chi connectivity index (χ0v) is 12.7. The molecule has 0 saturated heterocycles. The van der Waals surface area contributed by atoms with Crippen molar-refractivity contribution in [2.75, 3.05) is 6.54 Å². The van der Waals surface area contributed by atoms with Gasteiger partial charge in [0.25, 0.3) is 0 Å². The molecule has 0 bridgehead atoms. The van der Waals surface area contributed by atoms with Crippen LogP contribution < -0.4 is 0 Å². The quantitative estimate of drug-likeness (QED) is 0.925. The maximum Gasteiger partial charge on any atom is 0.226 e. The van der Waals surface area contributed by atoms with Gasteiger partial charge in [0.1, 0.15) is 6.04 Å². The standard InChI is InChI=1S/C18H21N3O/c22-18(14-8-4-5-9-14)21-11-10-15-16(20-12-19-15)17(21)13-6-2-1-3-7-13/h1-3,6-7,12,14,17H,4-5,8-11H2,(H,19,20). The SMILES string of the molecule is O=C(C1CCCC1)N1CCc2[nH]cnc2C1c1ccccc1. The van der Waals surface area contributed by atoms with Crippen LogP contribution in [0.15, 0.2) is 36.7 Å².